The first-order valence-corrected chi connectivity index (χ1v) is 12.7. The van der Waals surface area contributed by atoms with E-state index in [0.29, 0.717) is 27.6 Å². The van der Waals surface area contributed by atoms with Crippen molar-refractivity contribution in [2.24, 2.45) is 13.0 Å². The molecule has 0 aliphatic rings. The van der Waals surface area contributed by atoms with Crippen LogP contribution in [-0.2, 0) is 11.8 Å². The van der Waals surface area contributed by atoms with Crippen LogP contribution >= 0.6 is 50.9 Å². The molecule has 0 bridgehead atoms. The van der Waals surface area contributed by atoms with Crippen LogP contribution in [0.15, 0.2) is 40.0 Å². The minimum Gasteiger partial charge on any atom is -0.342 e. The second kappa shape index (κ2) is 11.7. The molecule has 0 fully saturated rings. The highest BCUT2D eigenvalue weighted by Gasteiger charge is 2.26. The Kier molecular flexibility index (Phi) is 9.14. The van der Waals surface area contributed by atoms with Crippen molar-refractivity contribution in [1.82, 2.24) is 20.1 Å². The number of thioether (sulfide) groups is 1. The van der Waals surface area contributed by atoms with E-state index < -0.39 is 23.6 Å². The highest BCUT2D eigenvalue weighted by atomic mass is 79.9. The Hall–Kier alpha value is -2.21. The minimum absolute atomic E-state index is 0.0374. The molecule has 1 aromatic heterocycles. The maximum absolute atomic E-state index is 14.0. The van der Waals surface area contributed by atoms with E-state index in [9.17, 15) is 18.4 Å². The average Bonchev–Trinajstić information content (AvgIpc) is 3.14. The fourth-order valence-corrected chi connectivity index (χ4v) is 4.60. The molecule has 35 heavy (non-hydrogen) atoms. The quantitative estimate of drug-likeness (QED) is 0.306. The molecule has 0 spiro atoms. The maximum Gasteiger partial charge on any atom is 0.251 e. The predicted molar refractivity (Wildman–Crippen MR) is 136 cm³/mol. The number of halogens is 5. The molecule has 0 unspecified atom stereocenters. The molecule has 2 aromatic carbocycles. The summed E-state index contributed by atoms with van der Waals surface area (Å²) in [5.41, 5.74) is 0.193. The molecule has 0 aliphatic heterocycles. The van der Waals surface area contributed by atoms with Crippen molar-refractivity contribution in [2.45, 2.75) is 25.0 Å². The van der Waals surface area contributed by atoms with Crippen molar-refractivity contribution in [2.75, 3.05) is 11.1 Å². The highest BCUT2D eigenvalue weighted by Crippen LogP contribution is 2.29. The number of carbonyl (C=O) groups excluding carboxylic acids is 2. The molecule has 1 heterocycles. The average molecular weight is 607 g/mol. The van der Waals surface area contributed by atoms with E-state index in [2.05, 4.69) is 36.8 Å². The predicted octanol–water partition coefficient (Wildman–Crippen LogP) is 6.02. The van der Waals surface area contributed by atoms with E-state index in [1.807, 2.05) is 13.8 Å². The normalized spacial score (nSPS) is 12.0. The number of aromatic nitrogens is 3. The van der Waals surface area contributed by atoms with Crippen LogP contribution in [-0.4, -0.2) is 32.3 Å². The molecule has 0 saturated heterocycles. The van der Waals surface area contributed by atoms with Gasteiger partial charge in [-0.15, -0.1) is 10.2 Å². The summed E-state index contributed by atoms with van der Waals surface area (Å²) in [6.45, 7) is 3.84. The van der Waals surface area contributed by atoms with E-state index in [0.717, 1.165) is 17.8 Å². The summed E-state index contributed by atoms with van der Waals surface area (Å²) in [5, 5.41) is 14.7. The Morgan fingerprint density at radius 1 is 1.14 bits per heavy atom. The number of benzene rings is 2. The van der Waals surface area contributed by atoms with Gasteiger partial charge in [-0.3, -0.25) is 9.59 Å². The van der Waals surface area contributed by atoms with Crippen LogP contribution in [0.2, 0.25) is 10.0 Å². The Bertz CT molecular complexity index is 1250. The van der Waals surface area contributed by atoms with Gasteiger partial charge in [-0.05, 0) is 46.1 Å². The summed E-state index contributed by atoms with van der Waals surface area (Å²) in [7, 11) is 1.71. The van der Waals surface area contributed by atoms with E-state index in [1.54, 1.807) is 23.7 Å². The molecule has 1 atom stereocenters. The minimum atomic E-state index is -0.895. The molecule has 2 amide bonds. The summed E-state index contributed by atoms with van der Waals surface area (Å²) in [4.78, 5) is 25.1. The van der Waals surface area contributed by atoms with Crippen LogP contribution in [0.5, 0.6) is 0 Å². The monoisotopic (exact) mass is 605 g/mol. The first-order chi connectivity index (χ1) is 16.5. The third-order valence-electron chi connectivity index (χ3n) is 4.89. The van der Waals surface area contributed by atoms with Crippen LogP contribution < -0.4 is 10.6 Å². The second-order valence-corrected chi connectivity index (χ2v) is 10.4. The smallest absolute Gasteiger partial charge is 0.251 e. The van der Waals surface area contributed by atoms with Crippen molar-refractivity contribution < 1.29 is 18.4 Å². The Morgan fingerprint density at radius 3 is 2.49 bits per heavy atom. The van der Waals surface area contributed by atoms with E-state index in [-0.39, 0.29) is 32.8 Å². The van der Waals surface area contributed by atoms with Crippen molar-refractivity contribution in [3.05, 3.63) is 67.9 Å². The standard InChI is InChI=1S/C22H20BrCl2F2N5O2S/c1-10(2)18(29-21(34)11-4-5-14(24)15(25)6-11)20-30-31-22(32(20)3)35-9-17(33)28-19-13(23)7-12(26)8-16(19)27/h4-8,10,18H,9H2,1-3H3,(H,28,33)(H,29,34)/t18-/m0/s1. The first kappa shape index (κ1) is 27.4. The third kappa shape index (κ3) is 6.72. The number of amides is 2. The van der Waals surface area contributed by atoms with Gasteiger partial charge in [0.15, 0.2) is 16.8 Å². The van der Waals surface area contributed by atoms with Gasteiger partial charge in [0.25, 0.3) is 5.91 Å². The van der Waals surface area contributed by atoms with Gasteiger partial charge in [-0.2, -0.15) is 0 Å². The Balaban J connectivity index is 1.69. The lowest BCUT2D eigenvalue weighted by Gasteiger charge is -2.22. The van der Waals surface area contributed by atoms with Gasteiger partial charge in [0.2, 0.25) is 5.91 Å². The summed E-state index contributed by atoms with van der Waals surface area (Å²) in [6, 6.07) is 5.85. The van der Waals surface area contributed by atoms with Crippen LogP contribution in [0.3, 0.4) is 0 Å². The molecule has 3 aromatic rings. The molecule has 0 saturated carbocycles. The molecular weight excluding hydrogens is 587 g/mol. The van der Waals surface area contributed by atoms with Crippen molar-refractivity contribution >= 4 is 68.4 Å². The van der Waals surface area contributed by atoms with Gasteiger partial charge in [0.1, 0.15) is 5.82 Å². The van der Waals surface area contributed by atoms with E-state index in [4.69, 9.17) is 23.2 Å². The van der Waals surface area contributed by atoms with E-state index in [1.165, 1.54) is 6.07 Å². The zero-order valence-corrected chi connectivity index (χ0v) is 22.6. The highest BCUT2D eigenvalue weighted by molar-refractivity contribution is 9.10. The van der Waals surface area contributed by atoms with Gasteiger partial charge in [0.05, 0.1) is 27.5 Å². The lowest BCUT2D eigenvalue weighted by Crippen LogP contribution is -2.33. The Labute approximate surface area is 223 Å². The van der Waals surface area contributed by atoms with Gasteiger partial charge in [-0.1, -0.05) is 48.8 Å². The van der Waals surface area contributed by atoms with Gasteiger partial charge in [0, 0.05) is 23.2 Å². The molecule has 0 aliphatic carbocycles. The van der Waals surface area contributed by atoms with Crippen molar-refractivity contribution in [3.8, 4) is 0 Å². The number of carbonyl (C=O) groups is 2. The summed E-state index contributed by atoms with van der Waals surface area (Å²) in [5.74, 6) is -2.18. The lowest BCUT2D eigenvalue weighted by atomic mass is 10.0. The largest absolute Gasteiger partial charge is 0.342 e. The fraction of sp³-hybridized carbons (Fsp3) is 0.273. The SMILES string of the molecule is CC(C)[C@H](NC(=O)c1ccc(Cl)c(Cl)c1)c1nnc(SCC(=O)Nc2c(F)cc(F)cc2Br)n1C. The number of nitrogens with one attached hydrogen (secondary N) is 2. The second-order valence-electron chi connectivity index (χ2n) is 7.81. The number of hydrogen-bond acceptors (Lipinski definition) is 5. The number of anilines is 1. The summed E-state index contributed by atoms with van der Waals surface area (Å²) >= 11 is 16.1. The van der Waals surface area contributed by atoms with Crippen molar-refractivity contribution in [1.29, 1.82) is 0 Å². The van der Waals surface area contributed by atoms with Crippen molar-refractivity contribution in [3.63, 3.8) is 0 Å². The van der Waals surface area contributed by atoms with Gasteiger partial charge < -0.3 is 15.2 Å². The number of hydrogen-bond donors (Lipinski definition) is 2. The number of rotatable bonds is 8. The zero-order valence-electron chi connectivity index (χ0n) is 18.7. The summed E-state index contributed by atoms with van der Waals surface area (Å²) in [6.07, 6.45) is 0. The Morgan fingerprint density at radius 2 is 1.86 bits per heavy atom. The molecule has 2 N–H and O–H groups in total. The lowest BCUT2D eigenvalue weighted by molar-refractivity contribution is -0.113. The first-order valence-electron chi connectivity index (χ1n) is 10.2. The summed E-state index contributed by atoms with van der Waals surface area (Å²) < 4.78 is 29.0. The zero-order chi connectivity index (χ0) is 25.9. The van der Waals surface area contributed by atoms with Gasteiger partial charge in [-0.25, -0.2) is 8.78 Å². The molecular formula is C22H20BrCl2F2N5O2S. The maximum atomic E-state index is 14.0. The molecule has 7 nitrogen and oxygen atoms in total. The van der Waals surface area contributed by atoms with Gasteiger partial charge >= 0.3 is 0 Å². The van der Waals surface area contributed by atoms with Crippen LogP contribution in [0.4, 0.5) is 14.5 Å². The fourth-order valence-electron chi connectivity index (χ4n) is 3.08. The molecule has 0 radical (unpaired) electrons. The van der Waals surface area contributed by atoms with E-state index >= 15 is 0 Å². The molecule has 13 heteroatoms. The van der Waals surface area contributed by atoms with Crippen LogP contribution in [0, 0.1) is 17.6 Å². The number of nitrogens with zero attached hydrogens (tertiary/aromatic N) is 3. The molecule has 186 valence electrons. The van der Waals surface area contributed by atoms with Crippen LogP contribution in [0.1, 0.15) is 36.1 Å². The third-order valence-corrected chi connectivity index (χ3v) is 7.27. The molecule has 3 rings (SSSR count). The van der Waals surface area contributed by atoms with Crippen LogP contribution in [0.25, 0.3) is 0 Å². The topological polar surface area (TPSA) is 88.9 Å².